The number of fused-ring (bicyclic) bond motifs is 1. The summed E-state index contributed by atoms with van der Waals surface area (Å²) in [5.41, 5.74) is 0.399. The van der Waals surface area contributed by atoms with Crippen LogP contribution in [0.1, 0.15) is 27.9 Å². The molecule has 0 aliphatic heterocycles. The Kier molecular flexibility index (Phi) is 1.96. The molecule has 2 rings (SSSR count). The monoisotopic (exact) mass is 205 g/mol. The molecule has 2 aromatic rings. The van der Waals surface area contributed by atoms with Crippen LogP contribution in [0.4, 0.5) is 0 Å². The number of carbonyl (C=O) groups is 2. The van der Waals surface area contributed by atoms with Gasteiger partial charge in [-0.15, -0.1) is 0 Å². The summed E-state index contributed by atoms with van der Waals surface area (Å²) >= 11 is 0. The fourth-order valence-corrected chi connectivity index (χ4v) is 1.27. The van der Waals surface area contributed by atoms with Crippen LogP contribution in [0.15, 0.2) is 18.3 Å². The van der Waals surface area contributed by atoms with E-state index in [1.54, 1.807) is 6.07 Å². The molecule has 0 atom stereocenters. The molecule has 2 heterocycles. The maximum Gasteiger partial charge on any atom is 0.354 e. The average molecular weight is 205 g/mol. The van der Waals surface area contributed by atoms with E-state index in [-0.39, 0.29) is 17.2 Å². The number of carbonyl (C=O) groups excluding carboxylic acids is 1. The maximum atomic E-state index is 11.3. The third-order valence-electron chi connectivity index (χ3n) is 1.94. The van der Waals surface area contributed by atoms with E-state index in [2.05, 4.69) is 10.1 Å². The second-order valence-corrected chi connectivity index (χ2v) is 2.99. The predicted molar refractivity (Wildman–Crippen MR) is 50.0 cm³/mol. The van der Waals surface area contributed by atoms with Crippen LogP contribution in [-0.2, 0) is 0 Å². The molecule has 15 heavy (non-hydrogen) atoms. The Morgan fingerprint density at radius 2 is 2.20 bits per heavy atom. The average Bonchev–Trinajstić information content (AvgIpc) is 2.62. The molecule has 2 aromatic heterocycles. The van der Waals surface area contributed by atoms with Gasteiger partial charge in [0.2, 0.25) is 0 Å². The predicted octanol–water partition coefficient (Wildman–Crippen LogP) is 0.630. The number of rotatable bonds is 2. The molecule has 0 unspecified atom stereocenters. The van der Waals surface area contributed by atoms with E-state index in [4.69, 9.17) is 5.11 Å². The largest absolute Gasteiger partial charge is 0.477 e. The molecule has 0 aromatic carbocycles. The molecule has 6 nitrogen and oxygen atoms in total. The fraction of sp³-hybridized carbons (Fsp3) is 0.111. The molecular weight excluding hydrogens is 198 g/mol. The standard InChI is InChI=1S/C9H7N3O3/c1-5(13)7-4-6(9(14)15)11-8-2-3-10-12(7)8/h2-4H,1H3,(H,14,15). The van der Waals surface area contributed by atoms with Crippen molar-refractivity contribution < 1.29 is 14.7 Å². The van der Waals surface area contributed by atoms with E-state index in [0.717, 1.165) is 0 Å². The van der Waals surface area contributed by atoms with Crippen LogP contribution in [0.3, 0.4) is 0 Å². The molecule has 0 saturated carbocycles. The molecule has 0 aliphatic carbocycles. The van der Waals surface area contributed by atoms with E-state index in [1.165, 1.54) is 23.7 Å². The lowest BCUT2D eigenvalue weighted by atomic mass is 10.2. The van der Waals surface area contributed by atoms with Gasteiger partial charge in [0, 0.05) is 19.1 Å². The van der Waals surface area contributed by atoms with E-state index in [1.807, 2.05) is 0 Å². The van der Waals surface area contributed by atoms with Gasteiger partial charge in [0.25, 0.3) is 0 Å². The van der Waals surface area contributed by atoms with Gasteiger partial charge < -0.3 is 5.11 Å². The van der Waals surface area contributed by atoms with Gasteiger partial charge in [-0.25, -0.2) is 14.3 Å². The molecule has 0 fully saturated rings. The summed E-state index contributed by atoms with van der Waals surface area (Å²) in [6, 6.07) is 2.75. The summed E-state index contributed by atoms with van der Waals surface area (Å²) < 4.78 is 1.31. The summed E-state index contributed by atoms with van der Waals surface area (Å²) in [7, 11) is 0. The van der Waals surface area contributed by atoms with Crippen molar-refractivity contribution in [1.29, 1.82) is 0 Å². The molecule has 0 spiro atoms. The van der Waals surface area contributed by atoms with Gasteiger partial charge in [-0.2, -0.15) is 5.10 Å². The van der Waals surface area contributed by atoms with Crippen molar-refractivity contribution >= 4 is 17.4 Å². The van der Waals surface area contributed by atoms with Crippen LogP contribution in [0, 0.1) is 0 Å². The van der Waals surface area contributed by atoms with Gasteiger partial charge in [0.05, 0.1) is 6.20 Å². The van der Waals surface area contributed by atoms with Crippen molar-refractivity contribution in [2.75, 3.05) is 0 Å². The molecular formula is C9H7N3O3. The summed E-state index contributed by atoms with van der Waals surface area (Å²) in [5, 5.41) is 12.7. The SMILES string of the molecule is CC(=O)c1cc(C(=O)O)nc2ccnn12. The van der Waals surface area contributed by atoms with Crippen molar-refractivity contribution in [3.05, 3.63) is 29.7 Å². The quantitative estimate of drug-likeness (QED) is 0.727. The third-order valence-corrected chi connectivity index (χ3v) is 1.94. The second kappa shape index (κ2) is 3.16. The molecule has 0 bridgehead atoms. The Morgan fingerprint density at radius 1 is 1.47 bits per heavy atom. The molecule has 6 heteroatoms. The summed E-state index contributed by atoms with van der Waals surface area (Å²) in [6.45, 7) is 1.35. The number of Topliss-reactive ketones (excluding diaryl/α,β-unsaturated/α-hetero) is 1. The minimum atomic E-state index is -1.17. The Balaban J connectivity index is 2.80. The van der Waals surface area contributed by atoms with Gasteiger partial charge in [-0.05, 0) is 0 Å². The zero-order chi connectivity index (χ0) is 11.0. The second-order valence-electron chi connectivity index (χ2n) is 2.99. The van der Waals surface area contributed by atoms with Gasteiger partial charge in [0.1, 0.15) is 5.69 Å². The van der Waals surface area contributed by atoms with Gasteiger partial charge in [-0.1, -0.05) is 0 Å². The smallest absolute Gasteiger partial charge is 0.354 e. The van der Waals surface area contributed by atoms with Crippen LogP contribution in [0.25, 0.3) is 5.65 Å². The summed E-state index contributed by atoms with van der Waals surface area (Å²) in [5.74, 6) is -1.42. The first-order chi connectivity index (χ1) is 7.09. The highest BCUT2D eigenvalue weighted by atomic mass is 16.4. The Morgan fingerprint density at radius 3 is 2.80 bits per heavy atom. The maximum absolute atomic E-state index is 11.3. The lowest BCUT2D eigenvalue weighted by Gasteiger charge is -2.01. The van der Waals surface area contributed by atoms with Crippen LogP contribution < -0.4 is 0 Å². The van der Waals surface area contributed by atoms with Crippen molar-refractivity contribution in [1.82, 2.24) is 14.6 Å². The molecule has 0 aliphatic rings. The molecule has 0 saturated heterocycles. The van der Waals surface area contributed by atoms with Gasteiger partial charge in [-0.3, -0.25) is 4.79 Å². The highest BCUT2D eigenvalue weighted by molar-refractivity contribution is 5.95. The normalized spacial score (nSPS) is 10.5. The Bertz CT molecular complexity index is 559. The number of carboxylic acids is 1. The first-order valence-corrected chi connectivity index (χ1v) is 4.18. The minimum Gasteiger partial charge on any atom is -0.477 e. The lowest BCUT2D eigenvalue weighted by Crippen LogP contribution is -2.10. The van der Waals surface area contributed by atoms with Crippen molar-refractivity contribution in [2.24, 2.45) is 0 Å². The van der Waals surface area contributed by atoms with E-state index in [0.29, 0.717) is 5.65 Å². The number of ketones is 1. The Hall–Kier alpha value is -2.24. The number of aromatic nitrogens is 3. The van der Waals surface area contributed by atoms with Crippen LogP contribution in [0.5, 0.6) is 0 Å². The fourth-order valence-electron chi connectivity index (χ4n) is 1.27. The van der Waals surface area contributed by atoms with Crippen molar-refractivity contribution in [2.45, 2.75) is 6.92 Å². The van der Waals surface area contributed by atoms with Crippen LogP contribution >= 0.6 is 0 Å². The van der Waals surface area contributed by atoms with Gasteiger partial charge in [0.15, 0.2) is 17.1 Å². The molecule has 0 radical (unpaired) electrons. The lowest BCUT2D eigenvalue weighted by molar-refractivity contribution is 0.0690. The molecule has 76 valence electrons. The highest BCUT2D eigenvalue weighted by Crippen LogP contribution is 2.08. The highest BCUT2D eigenvalue weighted by Gasteiger charge is 2.13. The zero-order valence-electron chi connectivity index (χ0n) is 7.84. The summed E-state index contributed by atoms with van der Waals surface area (Å²) in [6.07, 6.45) is 1.46. The zero-order valence-corrected chi connectivity index (χ0v) is 7.84. The van der Waals surface area contributed by atoms with Crippen LogP contribution in [-0.4, -0.2) is 31.5 Å². The Labute approximate surface area is 84.2 Å². The number of carboxylic acid groups (broad SMARTS) is 1. The number of nitrogens with zero attached hydrogens (tertiary/aromatic N) is 3. The third kappa shape index (κ3) is 1.45. The van der Waals surface area contributed by atoms with Crippen molar-refractivity contribution in [3.63, 3.8) is 0 Å². The minimum absolute atomic E-state index is 0.159. The molecule has 0 amide bonds. The molecule has 1 N–H and O–H groups in total. The first kappa shape index (κ1) is 9.32. The topological polar surface area (TPSA) is 84.6 Å². The summed E-state index contributed by atoms with van der Waals surface area (Å²) in [4.78, 5) is 25.8. The first-order valence-electron chi connectivity index (χ1n) is 4.18. The van der Waals surface area contributed by atoms with Crippen molar-refractivity contribution in [3.8, 4) is 0 Å². The van der Waals surface area contributed by atoms with E-state index in [9.17, 15) is 9.59 Å². The van der Waals surface area contributed by atoms with Crippen LogP contribution in [0.2, 0.25) is 0 Å². The van der Waals surface area contributed by atoms with E-state index < -0.39 is 5.97 Å². The van der Waals surface area contributed by atoms with Gasteiger partial charge >= 0.3 is 5.97 Å². The van der Waals surface area contributed by atoms with E-state index >= 15 is 0 Å². The number of aromatic carboxylic acids is 1. The number of hydrogen-bond donors (Lipinski definition) is 1. The number of hydrogen-bond acceptors (Lipinski definition) is 4.